The van der Waals surface area contributed by atoms with Gasteiger partial charge < -0.3 is 4.74 Å². The lowest BCUT2D eigenvalue weighted by molar-refractivity contribution is 0.182. The van der Waals surface area contributed by atoms with E-state index in [1.807, 2.05) is 24.3 Å². The molecule has 0 aliphatic carbocycles. The highest BCUT2D eigenvalue weighted by atomic mass is 32.2. The minimum Gasteiger partial charge on any atom is -0.497 e. The van der Waals surface area contributed by atoms with E-state index >= 15 is 0 Å². The second kappa shape index (κ2) is 5.90. The molecule has 2 rings (SSSR count). The van der Waals surface area contributed by atoms with Crippen molar-refractivity contribution in [3.63, 3.8) is 0 Å². The quantitative estimate of drug-likeness (QED) is 0.819. The summed E-state index contributed by atoms with van der Waals surface area (Å²) in [6.45, 7) is 3.56. The monoisotopic (exact) mass is 284 g/mol. The highest BCUT2D eigenvalue weighted by molar-refractivity contribution is 7.88. The zero-order chi connectivity index (χ0) is 13.9. The second-order valence-electron chi connectivity index (χ2n) is 4.79. The Balaban J connectivity index is 1.88. The molecule has 0 spiro atoms. The Hall–Kier alpha value is -1.11. The molecule has 0 N–H and O–H groups in total. The molecule has 1 heterocycles. The largest absolute Gasteiger partial charge is 0.497 e. The lowest BCUT2D eigenvalue weighted by atomic mass is 10.2. The van der Waals surface area contributed by atoms with Crippen molar-refractivity contribution in [3.8, 4) is 5.75 Å². The van der Waals surface area contributed by atoms with Crippen LogP contribution in [-0.4, -0.2) is 57.2 Å². The molecule has 0 atom stereocenters. The Morgan fingerprint density at radius 3 is 2.16 bits per heavy atom. The zero-order valence-corrected chi connectivity index (χ0v) is 12.2. The molecular weight excluding hydrogens is 264 g/mol. The fourth-order valence-electron chi connectivity index (χ4n) is 2.21. The van der Waals surface area contributed by atoms with Crippen molar-refractivity contribution in [1.29, 1.82) is 0 Å². The van der Waals surface area contributed by atoms with Crippen LogP contribution in [0.15, 0.2) is 24.3 Å². The predicted molar refractivity (Wildman–Crippen MR) is 74.7 cm³/mol. The molecule has 19 heavy (non-hydrogen) atoms. The van der Waals surface area contributed by atoms with Crippen molar-refractivity contribution in [2.24, 2.45) is 0 Å². The van der Waals surface area contributed by atoms with Gasteiger partial charge in [0.15, 0.2) is 0 Å². The third kappa shape index (κ3) is 3.92. The average molecular weight is 284 g/mol. The van der Waals surface area contributed by atoms with Crippen LogP contribution >= 0.6 is 0 Å². The lowest BCUT2D eigenvalue weighted by Gasteiger charge is -2.33. The molecule has 0 unspecified atom stereocenters. The van der Waals surface area contributed by atoms with Crippen LogP contribution in [0.3, 0.4) is 0 Å². The smallest absolute Gasteiger partial charge is 0.211 e. The van der Waals surface area contributed by atoms with Crippen molar-refractivity contribution in [2.45, 2.75) is 6.54 Å². The number of hydrogen-bond acceptors (Lipinski definition) is 4. The molecule has 0 saturated carbocycles. The van der Waals surface area contributed by atoms with Gasteiger partial charge in [-0.3, -0.25) is 4.90 Å². The molecule has 1 aliphatic rings. The van der Waals surface area contributed by atoms with Crippen LogP contribution in [0.5, 0.6) is 5.75 Å². The van der Waals surface area contributed by atoms with Gasteiger partial charge in [0.2, 0.25) is 10.0 Å². The van der Waals surface area contributed by atoms with Crippen LogP contribution in [0.4, 0.5) is 0 Å². The summed E-state index contributed by atoms with van der Waals surface area (Å²) in [5.41, 5.74) is 1.22. The van der Waals surface area contributed by atoms with Gasteiger partial charge in [-0.1, -0.05) is 12.1 Å². The third-order valence-electron chi connectivity index (χ3n) is 3.37. The standard InChI is InChI=1S/C13H20N2O3S/c1-18-13-5-3-12(4-6-13)11-14-7-9-15(10-8-14)19(2,16)17/h3-6H,7-11H2,1-2H3. The number of rotatable bonds is 4. The summed E-state index contributed by atoms with van der Waals surface area (Å²) in [6.07, 6.45) is 1.27. The molecule has 0 aromatic heterocycles. The molecule has 1 aromatic carbocycles. The van der Waals surface area contributed by atoms with E-state index in [0.29, 0.717) is 13.1 Å². The first-order chi connectivity index (χ1) is 8.99. The molecule has 0 radical (unpaired) electrons. The van der Waals surface area contributed by atoms with E-state index in [9.17, 15) is 8.42 Å². The molecule has 106 valence electrons. The van der Waals surface area contributed by atoms with Crippen LogP contribution in [0.1, 0.15) is 5.56 Å². The van der Waals surface area contributed by atoms with E-state index in [1.165, 1.54) is 16.1 Å². The van der Waals surface area contributed by atoms with Crippen LogP contribution in [0.2, 0.25) is 0 Å². The number of ether oxygens (including phenoxy) is 1. The summed E-state index contributed by atoms with van der Waals surface area (Å²) < 4.78 is 29.5. The van der Waals surface area contributed by atoms with Crippen molar-refractivity contribution in [2.75, 3.05) is 39.5 Å². The molecule has 0 bridgehead atoms. The van der Waals surface area contributed by atoms with E-state index < -0.39 is 10.0 Å². The molecule has 1 aliphatic heterocycles. The van der Waals surface area contributed by atoms with Crippen molar-refractivity contribution >= 4 is 10.0 Å². The van der Waals surface area contributed by atoms with Crippen LogP contribution in [0.25, 0.3) is 0 Å². The number of hydrogen-bond donors (Lipinski definition) is 0. The number of piperazine rings is 1. The molecular formula is C13H20N2O3S. The van der Waals surface area contributed by atoms with Crippen molar-refractivity contribution in [3.05, 3.63) is 29.8 Å². The number of sulfonamides is 1. The molecule has 0 amide bonds. The van der Waals surface area contributed by atoms with E-state index in [2.05, 4.69) is 4.90 Å². The van der Waals surface area contributed by atoms with Gasteiger partial charge >= 0.3 is 0 Å². The molecule has 1 fully saturated rings. The minimum atomic E-state index is -3.04. The van der Waals surface area contributed by atoms with Gasteiger partial charge in [-0.05, 0) is 17.7 Å². The first-order valence-corrected chi connectivity index (χ1v) is 8.14. The summed E-state index contributed by atoms with van der Waals surface area (Å²) in [5.74, 6) is 0.852. The maximum absolute atomic E-state index is 11.4. The normalized spacial score (nSPS) is 18.4. The SMILES string of the molecule is COc1ccc(CN2CCN(S(C)(=O)=O)CC2)cc1. The van der Waals surface area contributed by atoms with Gasteiger partial charge in [-0.25, -0.2) is 8.42 Å². The Labute approximate surface area is 114 Å². The fraction of sp³-hybridized carbons (Fsp3) is 0.538. The summed E-state index contributed by atoms with van der Waals surface area (Å²) in [6, 6.07) is 7.98. The van der Waals surface area contributed by atoms with Gasteiger partial charge in [0, 0.05) is 32.7 Å². The Morgan fingerprint density at radius 1 is 1.11 bits per heavy atom. The predicted octanol–water partition coefficient (Wildman–Crippen LogP) is 0.772. The summed E-state index contributed by atoms with van der Waals surface area (Å²) in [5, 5.41) is 0. The maximum Gasteiger partial charge on any atom is 0.211 e. The number of benzene rings is 1. The Morgan fingerprint density at radius 2 is 1.68 bits per heavy atom. The fourth-order valence-corrected chi connectivity index (χ4v) is 3.04. The van der Waals surface area contributed by atoms with Gasteiger partial charge in [0.1, 0.15) is 5.75 Å². The highest BCUT2D eigenvalue weighted by Crippen LogP contribution is 2.14. The van der Waals surface area contributed by atoms with Gasteiger partial charge in [-0.2, -0.15) is 4.31 Å². The molecule has 5 nitrogen and oxygen atoms in total. The molecule has 6 heteroatoms. The topological polar surface area (TPSA) is 49.9 Å². The number of methoxy groups -OCH3 is 1. The van der Waals surface area contributed by atoms with Gasteiger partial charge in [0.25, 0.3) is 0 Å². The Kier molecular flexibility index (Phi) is 4.44. The summed E-state index contributed by atoms with van der Waals surface area (Å²) in [7, 11) is -1.39. The van der Waals surface area contributed by atoms with E-state index in [1.54, 1.807) is 7.11 Å². The summed E-state index contributed by atoms with van der Waals surface area (Å²) >= 11 is 0. The lowest BCUT2D eigenvalue weighted by Crippen LogP contribution is -2.47. The Bertz CT molecular complexity index is 505. The van der Waals surface area contributed by atoms with E-state index in [0.717, 1.165) is 25.4 Å². The first kappa shape index (κ1) is 14.3. The zero-order valence-electron chi connectivity index (χ0n) is 11.4. The first-order valence-electron chi connectivity index (χ1n) is 6.29. The van der Waals surface area contributed by atoms with Gasteiger partial charge in [-0.15, -0.1) is 0 Å². The van der Waals surface area contributed by atoms with E-state index in [-0.39, 0.29) is 0 Å². The third-order valence-corrected chi connectivity index (χ3v) is 4.67. The minimum absolute atomic E-state index is 0.578. The van der Waals surface area contributed by atoms with Crippen molar-refractivity contribution < 1.29 is 13.2 Å². The van der Waals surface area contributed by atoms with Crippen LogP contribution in [0, 0.1) is 0 Å². The van der Waals surface area contributed by atoms with Crippen molar-refractivity contribution in [1.82, 2.24) is 9.21 Å². The van der Waals surface area contributed by atoms with Gasteiger partial charge in [0.05, 0.1) is 13.4 Å². The molecule has 1 saturated heterocycles. The summed E-state index contributed by atoms with van der Waals surface area (Å²) in [4.78, 5) is 2.27. The maximum atomic E-state index is 11.4. The molecule has 1 aromatic rings. The van der Waals surface area contributed by atoms with E-state index in [4.69, 9.17) is 4.74 Å². The second-order valence-corrected chi connectivity index (χ2v) is 6.77. The van der Waals surface area contributed by atoms with Crippen LogP contribution < -0.4 is 4.74 Å². The average Bonchev–Trinajstić information content (AvgIpc) is 2.39. The number of nitrogens with zero attached hydrogens (tertiary/aromatic N) is 2. The van der Waals surface area contributed by atoms with Crippen LogP contribution in [-0.2, 0) is 16.6 Å². The highest BCUT2D eigenvalue weighted by Gasteiger charge is 2.23.